The Labute approximate surface area is 156 Å². The summed E-state index contributed by atoms with van der Waals surface area (Å²) in [6.45, 7) is 14.5. The SMILES string of the molecule is CC(C)(C)[Si]1(C(C)(C)C)CC=C2CCCC[C@@H]2[C@H](c2ccccc2)O1. The first-order valence-electron chi connectivity index (χ1n) is 10.1. The molecule has 0 amide bonds. The van der Waals surface area contributed by atoms with Gasteiger partial charge in [0.25, 0.3) is 0 Å². The van der Waals surface area contributed by atoms with Crippen molar-refractivity contribution < 1.29 is 4.43 Å². The van der Waals surface area contributed by atoms with Gasteiger partial charge < -0.3 is 4.43 Å². The van der Waals surface area contributed by atoms with E-state index in [-0.39, 0.29) is 16.2 Å². The van der Waals surface area contributed by atoms with Crippen molar-refractivity contribution in [3.8, 4) is 0 Å². The van der Waals surface area contributed by atoms with E-state index in [9.17, 15) is 0 Å². The van der Waals surface area contributed by atoms with E-state index in [2.05, 4.69) is 78.0 Å². The summed E-state index contributed by atoms with van der Waals surface area (Å²) in [5, 5.41) is 0.422. The fraction of sp³-hybridized carbons (Fsp3) is 0.652. The molecule has 0 N–H and O–H groups in total. The highest BCUT2D eigenvalue weighted by atomic mass is 28.4. The van der Waals surface area contributed by atoms with Crippen molar-refractivity contribution in [2.75, 3.05) is 0 Å². The minimum absolute atomic E-state index is 0.211. The third-order valence-corrected chi connectivity index (χ3v) is 12.9. The Bertz CT molecular complexity index is 604. The van der Waals surface area contributed by atoms with E-state index < -0.39 is 8.32 Å². The second-order valence-electron chi connectivity index (χ2n) is 10.1. The first-order valence-corrected chi connectivity index (χ1v) is 12.2. The fourth-order valence-corrected chi connectivity index (χ4v) is 10.9. The van der Waals surface area contributed by atoms with Gasteiger partial charge in [-0.3, -0.25) is 0 Å². The molecule has 1 fully saturated rings. The predicted molar refractivity (Wildman–Crippen MR) is 110 cm³/mol. The zero-order valence-corrected chi connectivity index (χ0v) is 18.1. The maximum absolute atomic E-state index is 7.37. The molecule has 2 atom stereocenters. The summed E-state index contributed by atoms with van der Waals surface area (Å²) >= 11 is 0. The third kappa shape index (κ3) is 3.40. The van der Waals surface area contributed by atoms with Crippen LogP contribution < -0.4 is 0 Å². The van der Waals surface area contributed by atoms with Gasteiger partial charge in [0.2, 0.25) is 8.32 Å². The van der Waals surface area contributed by atoms with Crippen molar-refractivity contribution in [3.05, 3.63) is 47.5 Å². The monoisotopic (exact) mass is 356 g/mol. The first-order chi connectivity index (χ1) is 11.7. The molecule has 3 rings (SSSR count). The van der Waals surface area contributed by atoms with E-state index in [1.807, 2.05) is 0 Å². The second-order valence-corrected chi connectivity index (χ2v) is 15.4. The highest BCUT2D eigenvalue weighted by molar-refractivity contribution is 6.79. The summed E-state index contributed by atoms with van der Waals surface area (Å²) in [5.74, 6) is 0.579. The van der Waals surface area contributed by atoms with Crippen molar-refractivity contribution in [1.82, 2.24) is 0 Å². The van der Waals surface area contributed by atoms with Crippen LogP contribution in [0.3, 0.4) is 0 Å². The molecular weight excluding hydrogens is 320 g/mol. The van der Waals surface area contributed by atoms with Crippen LogP contribution in [-0.4, -0.2) is 8.32 Å². The van der Waals surface area contributed by atoms with Crippen LogP contribution in [0.25, 0.3) is 0 Å². The zero-order valence-electron chi connectivity index (χ0n) is 17.1. The largest absolute Gasteiger partial charge is 0.408 e. The molecule has 0 radical (unpaired) electrons. The van der Waals surface area contributed by atoms with E-state index in [1.165, 1.54) is 31.2 Å². The van der Waals surface area contributed by atoms with E-state index >= 15 is 0 Å². The second kappa shape index (κ2) is 6.70. The standard InChI is InChI=1S/C23H36OSi/c1-22(2,3)25(23(4,5)6)17-16-18-12-10-11-15-20(18)21(24-25)19-13-8-7-9-14-19/h7-9,13-14,16,20-21H,10-12,15,17H2,1-6H3/t20-,21-/m0/s1. The summed E-state index contributed by atoms with van der Waals surface area (Å²) in [5.41, 5.74) is 3.07. The minimum Gasteiger partial charge on any atom is -0.408 e. The Morgan fingerprint density at radius 1 is 0.920 bits per heavy atom. The van der Waals surface area contributed by atoms with E-state index in [1.54, 1.807) is 5.57 Å². The van der Waals surface area contributed by atoms with Gasteiger partial charge in [-0.2, -0.15) is 0 Å². The molecule has 2 aliphatic rings. The van der Waals surface area contributed by atoms with Crippen LogP contribution in [0.15, 0.2) is 42.0 Å². The number of hydrogen-bond donors (Lipinski definition) is 0. The lowest BCUT2D eigenvalue weighted by Crippen LogP contribution is -2.54. The number of benzene rings is 1. The molecule has 1 aromatic carbocycles. The molecular formula is C23H36OSi. The molecule has 138 valence electrons. The van der Waals surface area contributed by atoms with Gasteiger partial charge >= 0.3 is 0 Å². The topological polar surface area (TPSA) is 9.23 Å². The molecule has 0 unspecified atom stereocenters. The Hall–Kier alpha value is -0.863. The van der Waals surface area contributed by atoms with Gasteiger partial charge in [-0.1, -0.05) is 89.9 Å². The van der Waals surface area contributed by atoms with Crippen molar-refractivity contribution >= 4 is 8.32 Å². The average molecular weight is 357 g/mol. The van der Waals surface area contributed by atoms with Crippen molar-refractivity contribution in [1.29, 1.82) is 0 Å². The van der Waals surface area contributed by atoms with Gasteiger partial charge in [0.15, 0.2) is 0 Å². The third-order valence-electron chi connectivity index (χ3n) is 6.60. The van der Waals surface area contributed by atoms with Crippen LogP contribution in [0.4, 0.5) is 0 Å². The highest BCUT2D eigenvalue weighted by Crippen LogP contribution is 2.59. The van der Waals surface area contributed by atoms with Gasteiger partial charge in [-0.15, -0.1) is 0 Å². The Morgan fingerprint density at radius 2 is 1.56 bits per heavy atom. The minimum atomic E-state index is -2.05. The lowest BCUT2D eigenvalue weighted by Gasteiger charge is -2.52. The van der Waals surface area contributed by atoms with Crippen LogP contribution in [0.1, 0.15) is 78.9 Å². The van der Waals surface area contributed by atoms with E-state index in [0.717, 1.165) is 6.04 Å². The smallest absolute Gasteiger partial charge is 0.207 e. The number of fused-ring (bicyclic) bond motifs is 1. The molecule has 1 saturated carbocycles. The van der Waals surface area contributed by atoms with E-state index in [0.29, 0.717) is 5.92 Å². The molecule has 2 heteroatoms. The molecule has 1 nitrogen and oxygen atoms in total. The summed E-state index contributed by atoms with van der Waals surface area (Å²) in [7, 11) is -2.05. The van der Waals surface area contributed by atoms with Crippen LogP contribution in [0.5, 0.6) is 0 Å². The molecule has 25 heavy (non-hydrogen) atoms. The highest BCUT2D eigenvalue weighted by Gasteiger charge is 2.57. The molecule has 0 saturated heterocycles. The lowest BCUT2D eigenvalue weighted by molar-refractivity contribution is 0.112. The fourth-order valence-electron chi connectivity index (χ4n) is 5.32. The lowest BCUT2D eigenvalue weighted by atomic mass is 9.78. The van der Waals surface area contributed by atoms with Crippen molar-refractivity contribution in [2.45, 2.75) is 89.5 Å². The van der Waals surface area contributed by atoms with Gasteiger partial charge in [0.05, 0.1) is 6.10 Å². The molecule has 0 spiro atoms. The summed E-state index contributed by atoms with van der Waals surface area (Å²) in [4.78, 5) is 0. The molecule has 1 aromatic rings. The van der Waals surface area contributed by atoms with Gasteiger partial charge in [-0.25, -0.2) is 0 Å². The maximum Gasteiger partial charge on any atom is 0.207 e. The first kappa shape index (κ1) is 18.9. The normalized spacial score (nSPS) is 27.2. The summed E-state index contributed by atoms with van der Waals surface area (Å²) in [6.07, 6.45) is 8.11. The number of rotatable bonds is 1. The van der Waals surface area contributed by atoms with Crippen molar-refractivity contribution in [3.63, 3.8) is 0 Å². The average Bonchev–Trinajstić information content (AvgIpc) is 2.73. The van der Waals surface area contributed by atoms with Crippen LogP contribution in [-0.2, 0) is 4.43 Å². The summed E-state index contributed by atoms with van der Waals surface area (Å²) < 4.78 is 7.37. The predicted octanol–water partition coefficient (Wildman–Crippen LogP) is 7.42. The Balaban J connectivity index is 2.13. The molecule has 1 heterocycles. The maximum atomic E-state index is 7.37. The molecule has 0 bridgehead atoms. The zero-order chi connectivity index (χ0) is 18.3. The molecule has 1 aliphatic carbocycles. The number of hydrogen-bond acceptors (Lipinski definition) is 1. The van der Waals surface area contributed by atoms with Gasteiger partial charge in [-0.05, 0) is 40.9 Å². The Morgan fingerprint density at radius 3 is 2.16 bits per heavy atom. The molecule has 0 aromatic heterocycles. The van der Waals surface area contributed by atoms with Crippen molar-refractivity contribution in [2.24, 2.45) is 5.92 Å². The van der Waals surface area contributed by atoms with Crippen LogP contribution in [0.2, 0.25) is 16.1 Å². The van der Waals surface area contributed by atoms with Crippen LogP contribution in [0, 0.1) is 5.92 Å². The van der Waals surface area contributed by atoms with E-state index in [4.69, 9.17) is 4.43 Å². The van der Waals surface area contributed by atoms with Gasteiger partial charge in [0.1, 0.15) is 0 Å². The van der Waals surface area contributed by atoms with Crippen LogP contribution >= 0.6 is 0 Å². The number of allylic oxidation sites excluding steroid dienone is 1. The van der Waals surface area contributed by atoms with Gasteiger partial charge in [0, 0.05) is 5.92 Å². The summed E-state index contributed by atoms with van der Waals surface area (Å²) in [6, 6.07) is 12.2. The molecule has 1 aliphatic heterocycles. The quantitative estimate of drug-likeness (QED) is 0.376. The Kier molecular flexibility index (Phi) is 5.07.